The van der Waals surface area contributed by atoms with Gasteiger partial charge in [0.15, 0.2) is 0 Å². The van der Waals surface area contributed by atoms with E-state index in [1.165, 1.54) is 5.56 Å². The summed E-state index contributed by atoms with van der Waals surface area (Å²) in [7, 11) is 1.78. The quantitative estimate of drug-likeness (QED) is 0.807. The maximum atomic E-state index is 11.9. The molecule has 2 amide bonds. The molecular weight excluding hydrogens is 284 g/mol. The molecule has 114 valence electrons. The number of fused-ring (bicyclic) bond motifs is 1. The summed E-state index contributed by atoms with van der Waals surface area (Å²) in [6.07, 6.45) is 3.06. The van der Waals surface area contributed by atoms with Gasteiger partial charge in [-0.3, -0.25) is 0 Å². The number of hydrogen-bond donors (Lipinski definition) is 2. The summed E-state index contributed by atoms with van der Waals surface area (Å²) in [6.45, 7) is 3.24. The van der Waals surface area contributed by atoms with Crippen molar-refractivity contribution in [3.63, 3.8) is 0 Å². The maximum Gasteiger partial charge on any atom is 0.317 e. The zero-order chi connectivity index (χ0) is 15.2. The summed E-state index contributed by atoms with van der Waals surface area (Å²) < 4.78 is 0. The van der Waals surface area contributed by atoms with E-state index in [9.17, 15) is 4.79 Å². The van der Waals surface area contributed by atoms with Crippen molar-refractivity contribution in [1.29, 1.82) is 0 Å². The highest BCUT2D eigenvalue weighted by Crippen LogP contribution is 2.14. The van der Waals surface area contributed by atoms with Crippen molar-refractivity contribution in [3.05, 3.63) is 29.6 Å². The van der Waals surface area contributed by atoms with E-state index in [0.29, 0.717) is 13.1 Å². The number of imidazole rings is 1. The minimum Gasteiger partial charge on any atom is -0.340 e. The summed E-state index contributed by atoms with van der Waals surface area (Å²) in [5.41, 5.74) is 3.14. The molecule has 21 heavy (non-hydrogen) atoms. The molecule has 2 N–H and O–H groups in total. The van der Waals surface area contributed by atoms with Gasteiger partial charge in [0, 0.05) is 13.6 Å². The minimum atomic E-state index is -0.0623. The van der Waals surface area contributed by atoms with Crippen LogP contribution in [0.5, 0.6) is 0 Å². The van der Waals surface area contributed by atoms with Crippen LogP contribution in [0.4, 0.5) is 4.79 Å². The number of hydrogen-bond acceptors (Lipinski definition) is 3. The molecule has 5 nitrogen and oxygen atoms in total. The second kappa shape index (κ2) is 7.36. The summed E-state index contributed by atoms with van der Waals surface area (Å²) in [5.74, 6) is 1.87. The molecule has 0 aliphatic carbocycles. The molecule has 0 fully saturated rings. The standard InChI is InChI=1S/C15H22N4OS/c1-11-5-6-12-13(9-11)18-14(17-12)10-19(2)15(20)16-7-4-8-21-3/h5-6,9H,4,7-8,10H2,1-3H3,(H,16,20)(H,17,18). The predicted molar refractivity (Wildman–Crippen MR) is 88.7 cm³/mol. The average molecular weight is 306 g/mol. The van der Waals surface area contributed by atoms with Crippen LogP contribution in [0, 0.1) is 6.92 Å². The lowest BCUT2D eigenvalue weighted by Gasteiger charge is -2.16. The first-order valence-corrected chi connectivity index (χ1v) is 8.42. The summed E-state index contributed by atoms with van der Waals surface area (Å²) >= 11 is 1.79. The fourth-order valence-corrected chi connectivity index (χ4v) is 2.53. The Morgan fingerprint density at radius 3 is 3.05 bits per heavy atom. The Morgan fingerprint density at radius 1 is 1.48 bits per heavy atom. The van der Waals surface area contributed by atoms with Crippen molar-refractivity contribution in [1.82, 2.24) is 20.2 Å². The lowest BCUT2D eigenvalue weighted by molar-refractivity contribution is 0.206. The molecule has 1 aromatic heterocycles. The summed E-state index contributed by atoms with van der Waals surface area (Å²) in [5, 5.41) is 2.91. The highest BCUT2D eigenvalue weighted by atomic mass is 32.2. The Hall–Kier alpha value is -1.69. The molecule has 2 rings (SSSR count). The normalized spacial score (nSPS) is 10.8. The lowest BCUT2D eigenvalue weighted by atomic mass is 10.2. The maximum absolute atomic E-state index is 11.9. The number of aromatic amines is 1. The van der Waals surface area contributed by atoms with Crippen LogP contribution in [0.25, 0.3) is 11.0 Å². The third kappa shape index (κ3) is 4.39. The third-order valence-electron chi connectivity index (χ3n) is 3.22. The number of nitrogens with zero attached hydrogens (tertiary/aromatic N) is 2. The molecule has 0 spiro atoms. The Balaban J connectivity index is 1.91. The van der Waals surface area contributed by atoms with Gasteiger partial charge in [0.1, 0.15) is 5.82 Å². The van der Waals surface area contributed by atoms with Gasteiger partial charge in [-0.15, -0.1) is 0 Å². The van der Waals surface area contributed by atoms with Gasteiger partial charge >= 0.3 is 6.03 Å². The van der Waals surface area contributed by atoms with E-state index in [1.807, 2.05) is 19.1 Å². The number of H-pyrrole nitrogens is 1. The van der Waals surface area contributed by atoms with E-state index < -0.39 is 0 Å². The fourth-order valence-electron chi connectivity index (χ4n) is 2.09. The molecule has 1 aromatic carbocycles. The molecule has 0 atom stereocenters. The van der Waals surface area contributed by atoms with Crippen LogP contribution in [-0.2, 0) is 6.54 Å². The number of amides is 2. The summed E-state index contributed by atoms with van der Waals surface area (Å²) in [6, 6.07) is 6.03. The number of carbonyl (C=O) groups is 1. The molecule has 0 unspecified atom stereocenters. The minimum absolute atomic E-state index is 0.0623. The van der Waals surface area contributed by atoms with Gasteiger partial charge in [0.05, 0.1) is 17.6 Å². The van der Waals surface area contributed by atoms with Gasteiger partial charge in [-0.05, 0) is 43.0 Å². The Kier molecular flexibility index (Phi) is 5.50. The van der Waals surface area contributed by atoms with Crippen molar-refractivity contribution in [2.24, 2.45) is 0 Å². The van der Waals surface area contributed by atoms with Crippen LogP contribution in [0.15, 0.2) is 18.2 Å². The average Bonchev–Trinajstić information content (AvgIpc) is 2.84. The van der Waals surface area contributed by atoms with Gasteiger partial charge in [-0.1, -0.05) is 6.07 Å². The second-order valence-electron chi connectivity index (χ2n) is 5.14. The van der Waals surface area contributed by atoms with Crippen molar-refractivity contribution in [3.8, 4) is 0 Å². The molecule has 0 radical (unpaired) electrons. The number of rotatable bonds is 6. The molecule has 0 aliphatic rings. The molecule has 0 saturated carbocycles. The number of aryl methyl sites for hydroxylation is 1. The highest BCUT2D eigenvalue weighted by Gasteiger charge is 2.11. The molecule has 6 heteroatoms. The van der Waals surface area contributed by atoms with Crippen molar-refractivity contribution in [2.45, 2.75) is 19.9 Å². The first-order valence-electron chi connectivity index (χ1n) is 7.03. The molecule has 1 heterocycles. The van der Waals surface area contributed by atoms with E-state index >= 15 is 0 Å². The van der Waals surface area contributed by atoms with Crippen molar-refractivity contribution < 1.29 is 4.79 Å². The Bertz CT molecular complexity index is 611. The van der Waals surface area contributed by atoms with Crippen LogP contribution in [0.1, 0.15) is 17.8 Å². The number of nitrogens with one attached hydrogen (secondary N) is 2. The monoisotopic (exact) mass is 306 g/mol. The molecule has 0 bridgehead atoms. The van der Waals surface area contributed by atoms with E-state index in [2.05, 4.69) is 27.6 Å². The molecule has 2 aromatic rings. The lowest BCUT2D eigenvalue weighted by Crippen LogP contribution is -2.37. The number of urea groups is 1. The van der Waals surface area contributed by atoms with Crippen LogP contribution < -0.4 is 5.32 Å². The molecular formula is C15H22N4OS. The van der Waals surface area contributed by atoms with Crippen molar-refractivity contribution >= 4 is 28.8 Å². The number of benzene rings is 1. The number of aromatic nitrogens is 2. The second-order valence-corrected chi connectivity index (χ2v) is 6.12. The van der Waals surface area contributed by atoms with E-state index in [4.69, 9.17) is 0 Å². The predicted octanol–water partition coefficient (Wildman–Crippen LogP) is 2.77. The van der Waals surface area contributed by atoms with Gasteiger partial charge in [0.25, 0.3) is 0 Å². The van der Waals surface area contributed by atoms with E-state index in [0.717, 1.165) is 29.0 Å². The summed E-state index contributed by atoms with van der Waals surface area (Å²) in [4.78, 5) is 21.4. The Labute approximate surface area is 129 Å². The van der Waals surface area contributed by atoms with Gasteiger partial charge in [0.2, 0.25) is 0 Å². The zero-order valence-corrected chi connectivity index (χ0v) is 13.6. The molecule has 0 saturated heterocycles. The topological polar surface area (TPSA) is 61.0 Å². The number of carbonyl (C=O) groups excluding carboxylic acids is 1. The smallest absolute Gasteiger partial charge is 0.317 e. The van der Waals surface area contributed by atoms with E-state index in [-0.39, 0.29) is 6.03 Å². The SMILES string of the molecule is CSCCCNC(=O)N(C)Cc1nc2ccc(C)cc2[nH]1. The fraction of sp³-hybridized carbons (Fsp3) is 0.467. The van der Waals surface area contributed by atoms with E-state index in [1.54, 1.807) is 23.7 Å². The third-order valence-corrected chi connectivity index (χ3v) is 3.92. The number of thioether (sulfide) groups is 1. The Morgan fingerprint density at radius 2 is 2.29 bits per heavy atom. The van der Waals surface area contributed by atoms with Crippen molar-refractivity contribution in [2.75, 3.05) is 25.6 Å². The van der Waals surface area contributed by atoms with Gasteiger partial charge in [-0.25, -0.2) is 9.78 Å². The van der Waals surface area contributed by atoms with Crippen LogP contribution in [0.2, 0.25) is 0 Å². The van der Waals surface area contributed by atoms with Crippen LogP contribution in [0.3, 0.4) is 0 Å². The first kappa shape index (κ1) is 15.7. The van der Waals surface area contributed by atoms with Gasteiger partial charge < -0.3 is 15.2 Å². The molecule has 0 aliphatic heterocycles. The van der Waals surface area contributed by atoms with Crippen LogP contribution >= 0.6 is 11.8 Å². The first-order chi connectivity index (χ1) is 10.1. The van der Waals surface area contributed by atoms with Gasteiger partial charge in [-0.2, -0.15) is 11.8 Å². The van der Waals surface area contributed by atoms with Crippen LogP contribution in [-0.4, -0.2) is 46.5 Å². The highest BCUT2D eigenvalue weighted by molar-refractivity contribution is 7.98. The largest absolute Gasteiger partial charge is 0.340 e. The zero-order valence-electron chi connectivity index (χ0n) is 12.8.